The lowest BCUT2D eigenvalue weighted by Gasteiger charge is -2.08. The van der Waals surface area contributed by atoms with Gasteiger partial charge in [-0.2, -0.15) is 0 Å². The van der Waals surface area contributed by atoms with Gasteiger partial charge in [0.1, 0.15) is 4.21 Å². The minimum Gasteiger partial charge on any atom is -0.491 e. The van der Waals surface area contributed by atoms with E-state index in [0.29, 0.717) is 12.2 Å². The summed E-state index contributed by atoms with van der Waals surface area (Å²) < 4.78 is 45.2. The van der Waals surface area contributed by atoms with Gasteiger partial charge in [-0.1, -0.05) is 12.1 Å². The summed E-state index contributed by atoms with van der Waals surface area (Å²) in [7, 11) is -3.53. The first-order chi connectivity index (χ1) is 9.53. The highest BCUT2D eigenvalue weighted by atomic mass is 32.2. The van der Waals surface area contributed by atoms with E-state index in [9.17, 15) is 12.8 Å². The minimum absolute atomic E-state index is 0.0313. The average molecular weight is 315 g/mol. The molecule has 0 saturated heterocycles. The number of hydrogen-bond donors (Lipinski definition) is 1. The third-order valence-electron chi connectivity index (χ3n) is 2.52. The SMILES string of the molecule is CCOc1ccc(CNS(=O)(=O)c2cccs2)cc1F. The molecule has 2 aromatic rings. The van der Waals surface area contributed by atoms with E-state index in [-0.39, 0.29) is 16.5 Å². The maximum Gasteiger partial charge on any atom is 0.250 e. The van der Waals surface area contributed by atoms with E-state index in [1.54, 1.807) is 24.4 Å². The highest BCUT2D eigenvalue weighted by Crippen LogP contribution is 2.19. The number of halogens is 1. The largest absolute Gasteiger partial charge is 0.491 e. The zero-order valence-corrected chi connectivity index (χ0v) is 12.4. The number of ether oxygens (including phenoxy) is 1. The fraction of sp³-hybridized carbons (Fsp3) is 0.231. The first kappa shape index (κ1) is 15.0. The maximum absolute atomic E-state index is 13.6. The van der Waals surface area contributed by atoms with Gasteiger partial charge in [0.05, 0.1) is 6.61 Å². The Hall–Kier alpha value is -1.44. The summed E-state index contributed by atoms with van der Waals surface area (Å²) >= 11 is 1.13. The minimum atomic E-state index is -3.53. The van der Waals surface area contributed by atoms with Crippen LogP contribution in [0.2, 0.25) is 0 Å². The fourth-order valence-electron chi connectivity index (χ4n) is 1.59. The molecule has 1 heterocycles. The lowest BCUT2D eigenvalue weighted by atomic mass is 10.2. The van der Waals surface area contributed by atoms with Crippen molar-refractivity contribution in [2.24, 2.45) is 0 Å². The van der Waals surface area contributed by atoms with Gasteiger partial charge in [-0.3, -0.25) is 0 Å². The van der Waals surface area contributed by atoms with Crippen LogP contribution in [-0.2, 0) is 16.6 Å². The fourth-order valence-corrected chi connectivity index (χ4v) is 3.65. The number of nitrogens with one attached hydrogen (secondary N) is 1. The summed E-state index contributed by atoms with van der Waals surface area (Å²) in [5, 5.41) is 1.69. The lowest BCUT2D eigenvalue weighted by molar-refractivity contribution is 0.321. The Morgan fingerprint density at radius 2 is 2.15 bits per heavy atom. The predicted octanol–water partition coefficient (Wildman–Crippen LogP) is 2.76. The van der Waals surface area contributed by atoms with Gasteiger partial charge in [-0.05, 0) is 36.1 Å². The maximum atomic E-state index is 13.6. The molecular formula is C13H14FNO3S2. The Bertz CT molecular complexity index is 669. The van der Waals surface area contributed by atoms with Crippen LogP contribution >= 0.6 is 11.3 Å². The van der Waals surface area contributed by atoms with Crippen LogP contribution in [-0.4, -0.2) is 15.0 Å². The second-order valence-corrected chi connectivity index (χ2v) is 6.90. The molecule has 7 heteroatoms. The molecule has 4 nitrogen and oxygen atoms in total. The Kier molecular flexibility index (Phi) is 4.74. The van der Waals surface area contributed by atoms with Crippen LogP contribution in [0.3, 0.4) is 0 Å². The van der Waals surface area contributed by atoms with E-state index in [1.807, 2.05) is 0 Å². The molecule has 0 amide bonds. The van der Waals surface area contributed by atoms with Crippen molar-refractivity contribution in [3.05, 3.63) is 47.1 Å². The van der Waals surface area contributed by atoms with Gasteiger partial charge in [0.2, 0.25) is 10.0 Å². The predicted molar refractivity (Wildman–Crippen MR) is 75.9 cm³/mol. The second-order valence-electron chi connectivity index (χ2n) is 3.95. The molecule has 2 rings (SSSR count). The van der Waals surface area contributed by atoms with E-state index < -0.39 is 15.8 Å². The van der Waals surface area contributed by atoms with Gasteiger partial charge >= 0.3 is 0 Å². The summed E-state index contributed by atoms with van der Waals surface area (Å²) in [6.07, 6.45) is 0. The van der Waals surface area contributed by atoms with E-state index in [0.717, 1.165) is 11.3 Å². The van der Waals surface area contributed by atoms with Gasteiger partial charge in [0, 0.05) is 6.54 Å². The zero-order valence-electron chi connectivity index (χ0n) is 10.8. The smallest absolute Gasteiger partial charge is 0.250 e. The monoisotopic (exact) mass is 315 g/mol. The van der Waals surface area contributed by atoms with Gasteiger partial charge in [-0.25, -0.2) is 17.5 Å². The van der Waals surface area contributed by atoms with Crippen molar-refractivity contribution in [3.63, 3.8) is 0 Å². The van der Waals surface area contributed by atoms with Crippen molar-refractivity contribution in [1.29, 1.82) is 0 Å². The van der Waals surface area contributed by atoms with E-state index in [4.69, 9.17) is 4.74 Å². The lowest BCUT2D eigenvalue weighted by Crippen LogP contribution is -2.22. The summed E-state index contributed by atoms with van der Waals surface area (Å²) in [5.74, 6) is -0.336. The van der Waals surface area contributed by atoms with Crippen LogP contribution in [0, 0.1) is 5.82 Å². The van der Waals surface area contributed by atoms with Crippen LogP contribution < -0.4 is 9.46 Å². The number of benzene rings is 1. The topological polar surface area (TPSA) is 55.4 Å². The highest BCUT2D eigenvalue weighted by Gasteiger charge is 2.14. The second kappa shape index (κ2) is 6.34. The van der Waals surface area contributed by atoms with E-state index in [1.165, 1.54) is 18.2 Å². The highest BCUT2D eigenvalue weighted by molar-refractivity contribution is 7.91. The molecule has 1 aromatic heterocycles. The molecule has 0 radical (unpaired) electrons. The quantitative estimate of drug-likeness (QED) is 0.892. The van der Waals surface area contributed by atoms with E-state index in [2.05, 4.69) is 4.72 Å². The van der Waals surface area contributed by atoms with Crippen molar-refractivity contribution in [1.82, 2.24) is 4.72 Å². The number of hydrogen-bond acceptors (Lipinski definition) is 4. The zero-order chi connectivity index (χ0) is 14.6. The molecule has 20 heavy (non-hydrogen) atoms. The molecule has 1 N–H and O–H groups in total. The molecule has 108 valence electrons. The summed E-state index contributed by atoms with van der Waals surface area (Å²) in [6, 6.07) is 7.57. The standard InChI is InChI=1S/C13H14FNO3S2/c1-2-18-12-6-5-10(8-11(12)14)9-15-20(16,17)13-4-3-7-19-13/h3-8,15H,2,9H2,1H3. The molecule has 0 atom stereocenters. The van der Waals surface area contributed by atoms with Gasteiger partial charge in [-0.15, -0.1) is 11.3 Å². The molecule has 0 bridgehead atoms. The third-order valence-corrected chi connectivity index (χ3v) is 5.32. The summed E-state index contributed by atoms with van der Waals surface area (Å²) in [4.78, 5) is 0. The number of thiophene rings is 1. The normalized spacial score (nSPS) is 11.5. The molecule has 0 aliphatic heterocycles. The molecule has 0 saturated carbocycles. The molecule has 0 fully saturated rings. The van der Waals surface area contributed by atoms with Crippen LogP contribution in [0.25, 0.3) is 0 Å². The summed E-state index contributed by atoms with van der Waals surface area (Å²) in [6.45, 7) is 2.17. The average Bonchev–Trinajstić information content (AvgIpc) is 2.94. The molecule has 0 unspecified atom stereocenters. The molecule has 0 aliphatic rings. The number of sulfonamides is 1. The van der Waals surface area contributed by atoms with Gasteiger partial charge in [0.25, 0.3) is 0 Å². The van der Waals surface area contributed by atoms with Crippen molar-refractivity contribution in [2.45, 2.75) is 17.7 Å². The Balaban J connectivity index is 2.06. The Labute approximate surface area is 121 Å². The van der Waals surface area contributed by atoms with Crippen LogP contribution in [0.1, 0.15) is 12.5 Å². The molecular weight excluding hydrogens is 301 g/mol. The molecule has 1 aromatic carbocycles. The van der Waals surface area contributed by atoms with Gasteiger partial charge < -0.3 is 4.74 Å². The van der Waals surface area contributed by atoms with Crippen molar-refractivity contribution >= 4 is 21.4 Å². The van der Waals surface area contributed by atoms with Crippen molar-refractivity contribution < 1.29 is 17.5 Å². The summed E-state index contributed by atoms with van der Waals surface area (Å²) in [5.41, 5.74) is 0.533. The molecule has 0 spiro atoms. The van der Waals surface area contributed by atoms with Crippen LogP contribution in [0.15, 0.2) is 39.9 Å². The van der Waals surface area contributed by atoms with Gasteiger partial charge in [0.15, 0.2) is 11.6 Å². The Morgan fingerprint density at radius 1 is 1.35 bits per heavy atom. The van der Waals surface area contributed by atoms with Crippen molar-refractivity contribution in [3.8, 4) is 5.75 Å². The van der Waals surface area contributed by atoms with Crippen molar-refractivity contribution in [2.75, 3.05) is 6.61 Å². The number of rotatable bonds is 6. The first-order valence-corrected chi connectivity index (χ1v) is 8.33. The van der Waals surface area contributed by atoms with Crippen LogP contribution in [0.4, 0.5) is 4.39 Å². The van der Waals surface area contributed by atoms with E-state index >= 15 is 0 Å². The Morgan fingerprint density at radius 3 is 2.75 bits per heavy atom. The first-order valence-electron chi connectivity index (χ1n) is 5.97. The van der Waals surface area contributed by atoms with Crippen LogP contribution in [0.5, 0.6) is 5.75 Å². The third kappa shape index (κ3) is 3.56. The molecule has 0 aliphatic carbocycles.